The zero-order valence-electron chi connectivity index (χ0n) is 13.2. The maximum absolute atomic E-state index is 11.5. The van der Waals surface area contributed by atoms with Crippen molar-refractivity contribution in [2.45, 2.75) is 13.0 Å². The molecule has 0 aliphatic carbocycles. The van der Waals surface area contributed by atoms with Crippen molar-refractivity contribution in [3.05, 3.63) is 50.6 Å². The summed E-state index contributed by atoms with van der Waals surface area (Å²) in [6.07, 6.45) is 1.35. The van der Waals surface area contributed by atoms with Crippen LogP contribution in [0.15, 0.2) is 30.5 Å². The molecule has 10 heteroatoms. The highest BCUT2D eigenvalue weighted by Crippen LogP contribution is 2.34. The fourth-order valence-electron chi connectivity index (χ4n) is 1.91. The summed E-state index contributed by atoms with van der Waals surface area (Å²) in [6, 6.07) is 4.65. The molecule has 0 amide bonds. The van der Waals surface area contributed by atoms with Crippen LogP contribution in [0, 0.1) is 10.1 Å². The van der Waals surface area contributed by atoms with Crippen molar-refractivity contribution >= 4 is 40.5 Å². The van der Waals surface area contributed by atoms with Crippen molar-refractivity contribution in [3.63, 3.8) is 0 Å². The molecule has 1 aromatic carbocycles. The number of hydrogen-bond donors (Lipinski definition) is 1. The summed E-state index contributed by atoms with van der Waals surface area (Å²) in [4.78, 5) is 26.1. The van der Waals surface area contributed by atoms with E-state index in [2.05, 4.69) is 15.0 Å². The quantitative estimate of drug-likeness (QED) is 0.454. The van der Waals surface area contributed by atoms with Crippen molar-refractivity contribution in [1.29, 1.82) is 0 Å². The number of carbonyl (C=O) groups excluding carboxylic acids is 1. The highest BCUT2D eigenvalue weighted by Gasteiger charge is 2.20. The first-order chi connectivity index (χ1) is 11.8. The molecule has 1 aromatic heterocycles. The first-order valence-electron chi connectivity index (χ1n) is 6.93. The predicted octanol–water partition coefficient (Wildman–Crippen LogP) is 4.06. The minimum absolute atomic E-state index is 0.0884. The zero-order chi connectivity index (χ0) is 18.6. The second-order valence-electron chi connectivity index (χ2n) is 4.87. The number of anilines is 1. The highest BCUT2D eigenvalue weighted by atomic mass is 35.5. The SMILES string of the molecule is COC(=O)C(C)Nc1cc(Oc2ncc(Cl)cc2Cl)ccc1[N+](=O)[O-]. The molecule has 2 rings (SSSR count). The lowest BCUT2D eigenvalue weighted by atomic mass is 10.2. The summed E-state index contributed by atoms with van der Waals surface area (Å²) in [5.74, 6) is -0.239. The van der Waals surface area contributed by atoms with Gasteiger partial charge in [-0.15, -0.1) is 0 Å². The van der Waals surface area contributed by atoms with Gasteiger partial charge in [-0.25, -0.2) is 9.78 Å². The minimum atomic E-state index is -0.795. The normalized spacial score (nSPS) is 11.5. The molecule has 0 bridgehead atoms. The first kappa shape index (κ1) is 18.8. The number of nitrogens with zero attached hydrogens (tertiary/aromatic N) is 2. The monoisotopic (exact) mass is 385 g/mol. The van der Waals surface area contributed by atoms with Gasteiger partial charge in [-0.3, -0.25) is 10.1 Å². The number of carbonyl (C=O) groups is 1. The van der Waals surface area contributed by atoms with Crippen molar-refractivity contribution < 1.29 is 19.2 Å². The summed E-state index contributed by atoms with van der Waals surface area (Å²) in [7, 11) is 1.22. The number of halogens is 2. The summed E-state index contributed by atoms with van der Waals surface area (Å²) in [5.41, 5.74) is -0.135. The molecular weight excluding hydrogens is 373 g/mol. The van der Waals surface area contributed by atoms with Crippen LogP contribution in [0.2, 0.25) is 10.0 Å². The van der Waals surface area contributed by atoms with Gasteiger partial charge in [0.15, 0.2) is 0 Å². The Morgan fingerprint density at radius 2 is 2.08 bits per heavy atom. The second kappa shape index (κ2) is 8.00. The van der Waals surface area contributed by atoms with Crippen molar-refractivity contribution in [1.82, 2.24) is 4.98 Å². The summed E-state index contributed by atoms with van der Waals surface area (Å²) in [6.45, 7) is 1.51. The summed E-state index contributed by atoms with van der Waals surface area (Å²) < 4.78 is 10.1. The molecular formula is C15H13Cl2N3O5. The van der Waals surface area contributed by atoms with Gasteiger partial charge in [0.25, 0.3) is 5.69 Å². The largest absolute Gasteiger partial charge is 0.467 e. The van der Waals surface area contributed by atoms with E-state index >= 15 is 0 Å². The van der Waals surface area contributed by atoms with E-state index in [0.717, 1.165) is 0 Å². The number of nitro groups is 1. The molecule has 8 nitrogen and oxygen atoms in total. The van der Waals surface area contributed by atoms with Gasteiger partial charge in [0, 0.05) is 18.3 Å². The lowest BCUT2D eigenvalue weighted by Gasteiger charge is -2.14. The third-order valence-electron chi connectivity index (χ3n) is 3.08. The van der Waals surface area contributed by atoms with E-state index in [1.54, 1.807) is 0 Å². The van der Waals surface area contributed by atoms with Crippen molar-refractivity contribution in [2.75, 3.05) is 12.4 Å². The van der Waals surface area contributed by atoms with Gasteiger partial charge < -0.3 is 14.8 Å². The molecule has 1 atom stereocenters. The molecule has 132 valence electrons. The van der Waals surface area contributed by atoms with Crippen LogP contribution in [0.3, 0.4) is 0 Å². The van der Waals surface area contributed by atoms with E-state index in [0.29, 0.717) is 5.02 Å². The summed E-state index contributed by atoms with van der Waals surface area (Å²) in [5, 5.41) is 14.4. The van der Waals surface area contributed by atoms with Gasteiger partial charge in [0.2, 0.25) is 5.88 Å². The Labute approximate surface area is 152 Å². The topological polar surface area (TPSA) is 104 Å². The lowest BCUT2D eigenvalue weighted by molar-refractivity contribution is -0.384. The van der Waals surface area contributed by atoms with Gasteiger partial charge in [0.05, 0.1) is 17.1 Å². The number of pyridine rings is 1. The van der Waals surface area contributed by atoms with Crippen LogP contribution < -0.4 is 10.1 Å². The van der Waals surface area contributed by atoms with Gasteiger partial charge in [0.1, 0.15) is 22.5 Å². The molecule has 0 fully saturated rings. The highest BCUT2D eigenvalue weighted by molar-refractivity contribution is 6.35. The van der Waals surface area contributed by atoms with Crippen LogP contribution in [0.1, 0.15) is 6.92 Å². The molecule has 0 saturated heterocycles. The first-order valence-corrected chi connectivity index (χ1v) is 7.69. The molecule has 1 heterocycles. The fourth-order valence-corrected chi connectivity index (χ4v) is 2.33. The Bertz CT molecular complexity index is 816. The zero-order valence-corrected chi connectivity index (χ0v) is 14.7. The Kier molecular flexibility index (Phi) is 6.00. The molecule has 0 spiro atoms. The van der Waals surface area contributed by atoms with Gasteiger partial charge in [-0.05, 0) is 19.1 Å². The Morgan fingerprint density at radius 3 is 2.68 bits per heavy atom. The summed E-state index contributed by atoms with van der Waals surface area (Å²) >= 11 is 11.8. The third kappa shape index (κ3) is 4.71. The van der Waals surface area contributed by atoms with E-state index in [-0.39, 0.29) is 28.0 Å². The fraction of sp³-hybridized carbons (Fsp3) is 0.200. The molecule has 1 unspecified atom stereocenters. The molecule has 25 heavy (non-hydrogen) atoms. The van der Waals surface area contributed by atoms with Crippen LogP contribution >= 0.6 is 23.2 Å². The third-order valence-corrected chi connectivity index (χ3v) is 3.56. The number of aromatic nitrogens is 1. The molecule has 0 aliphatic heterocycles. The van der Waals surface area contributed by atoms with Gasteiger partial charge in [-0.1, -0.05) is 23.2 Å². The number of nitro benzene ring substituents is 1. The number of benzene rings is 1. The van der Waals surface area contributed by atoms with E-state index < -0.39 is 16.9 Å². The van der Waals surface area contributed by atoms with E-state index in [9.17, 15) is 14.9 Å². The Hall–Kier alpha value is -2.58. The average Bonchev–Trinajstić information content (AvgIpc) is 2.56. The molecule has 2 aromatic rings. The average molecular weight is 386 g/mol. The van der Waals surface area contributed by atoms with Crippen LogP contribution in [0.25, 0.3) is 0 Å². The molecule has 0 saturated carbocycles. The molecule has 1 N–H and O–H groups in total. The minimum Gasteiger partial charge on any atom is -0.467 e. The number of methoxy groups -OCH3 is 1. The maximum atomic E-state index is 11.5. The standard InChI is InChI=1S/C15H13Cl2N3O5/c1-8(15(21)24-2)19-12-6-10(3-4-13(12)20(22)23)25-14-11(17)5-9(16)7-18-14/h3-8,19H,1-2H3. The van der Waals surface area contributed by atoms with Gasteiger partial charge in [-0.2, -0.15) is 0 Å². The van der Waals surface area contributed by atoms with E-state index in [4.69, 9.17) is 27.9 Å². The van der Waals surface area contributed by atoms with Crippen LogP contribution in [-0.4, -0.2) is 29.0 Å². The molecule has 0 radical (unpaired) electrons. The van der Waals surface area contributed by atoms with Crippen LogP contribution in [0.5, 0.6) is 11.6 Å². The Morgan fingerprint density at radius 1 is 1.36 bits per heavy atom. The van der Waals surface area contributed by atoms with Crippen molar-refractivity contribution in [3.8, 4) is 11.6 Å². The number of hydrogen-bond acceptors (Lipinski definition) is 7. The maximum Gasteiger partial charge on any atom is 0.327 e. The van der Waals surface area contributed by atoms with E-state index in [1.165, 1.54) is 44.5 Å². The smallest absolute Gasteiger partial charge is 0.327 e. The number of ether oxygens (including phenoxy) is 2. The van der Waals surface area contributed by atoms with Gasteiger partial charge >= 0.3 is 5.97 Å². The number of nitrogens with one attached hydrogen (secondary N) is 1. The van der Waals surface area contributed by atoms with Crippen molar-refractivity contribution in [2.24, 2.45) is 0 Å². The predicted molar refractivity (Wildman–Crippen MR) is 92.5 cm³/mol. The second-order valence-corrected chi connectivity index (χ2v) is 5.71. The van der Waals surface area contributed by atoms with E-state index in [1.807, 2.05) is 0 Å². The molecule has 0 aliphatic rings. The Balaban J connectivity index is 2.32. The lowest BCUT2D eigenvalue weighted by Crippen LogP contribution is -2.27. The number of rotatable bonds is 6. The van der Waals surface area contributed by atoms with Crippen LogP contribution in [-0.2, 0) is 9.53 Å². The van der Waals surface area contributed by atoms with Crippen LogP contribution in [0.4, 0.5) is 11.4 Å². The number of esters is 1.